The second-order valence-corrected chi connectivity index (χ2v) is 8.83. The molecule has 0 spiro atoms. The van der Waals surface area contributed by atoms with Crippen LogP contribution in [-0.2, 0) is 6.54 Å². The number of hydrogen-bond donors (Lipinski definition) is 0. The molecule has 0 amide bonds. The molecule has 3 heterocycles. The zero-order valence-electron chi connectivity index (χ0n) is 17.8. The lowest BCUT2D eigenvalue weighted by Crippen LogP contribution is -2.29. The maximum absolute atomic E-state index is 12.4. The fourth-order valence-electron chi connectivity index (χ4n) is 4.56. The normalized spacial score (nSPS) is 23.5. The maximum atomic E-state index is 12.4. The zero-order chi connectivity index (χ0) is 21.8. The van der Waals surface area contributed by atoms with Gasteiger partial charge < -0.3 is 9.64 Å². The third kappa shape index (κ3) is 4.85. The average molecular weight is 442 g/mol. The number of nitriles is 1. The Kier molecular flexibility index (Phi) is 6.77. The Morgan fingerprint density at radius 1 is 1.29 bits per heavy atom. The lowest BCUT2D eigenvalue weighted by Gasteiger charge is -2.25. The van der Waals surface area contributed by atoms with E-state index in [2.05, 4.69) is 27.1 Å². The van der Waals surface area contributed by atoms with Gasteiger partial charge in [0.1, 0.15) is 11.1 Å². The van der Waals surface area contributed by atoms with E-state index in [9.17, 15) is 4.79 Å². The van der Waals surface area contributed by atoms with Crippen molar-refractivity contribution in [2.75, 3.05) is 18.0 Å². The molecular formula is C23H28ClN5O2. The highest BCUT2D eigenvalue weighted by Crippen LogP contribution is 2.36. The Morgan fingerprint density at radius 2 is 2.10 bits per heavy atom. The van der Waals surface area contributed by atoms with Crippen LogP contribution in [0.15, 0.2) is 29.3 Å². The molecule has 1 saturated carbocycles. The minimum atomic E-state index is -0.245. The number of anilines is 1. The Labute approximate surface area is 187 Å². The number of aryl methyl sites for hydroxylation is 1. The molecule has 4 rings (SSSR count). The van der Waals surface area contributed by atoms with Gasteiger partial charge in [-0.2, -0.15) is 10.4 Å². The number of ether oxygens (including phenoxy) is 1. The van der Waals surface area contributed by atoms with Crippen LogP contribution < -0.4 is 15.2 Å². The van der Waals surface area contributed by atoms with E-state index in [-0.39, 0.29) is 22.6 Å². The standard InChI is InChI=1S/C23H28ClN5O2/c1-2-10-29-23(30)22(24)20(14-27-29)28-11-8-19(15-28)31-21-12-18(7-9-26-21)17-5-3-16(13-25)4-6-17/h7,9,12,14,16-17,19H,2-6,8,10-11,15H2,1H3/t16?,17?,19-/m1/s1. The van der Waals surface area contributed by atoms with Crippen LogP contribution in [0.1, 0.15) is 56.9 Å². The van der Waals surface area contributed by atoms with E-state index in [1.54, 1.807) is 6.20 Å². The molecule has 2 aromatic heterocycles. The largest absolute Gasteiger partial charge is 0.472 e. The van der Waals surface area contributed by atoms with Crippen molar-refractivity contribution < 1.29 is 4.74 Å². The molecule has 2 fully saturated rings. The van der Waals surface area contributed by atoms with Gasteiger partial charge in [0.2, 0.25) is 5.88 Å². The topological polar surface area (TPSA) is 84.0 Å². The summed E-state index contributed by atoms with van der Waals surface area (Å²) in [7, 11) is 0. The Hall–Kier alpha value is -2.59. The average Bonchev–Trinajstić information content (AvgIpc) is 3.25. The molecule has 164 valence electrons. The van der Waals surface area contributed by atoms with Crippen LogP contribution in [0.2, 0.25) is 5.02 Å². The van der Waals surface area contributed by atoms with Crippen molar-refractivity contribution in [3.8, 4) is 11.9 Å². The fourth-order valence-corrected chi connectivity index (χ4v) is 4.83. The third-order valence-electron chi connectivity index (χ3n) is 6.32. The highest BCUT2D eigenvalue weighted by atomic mass is 35.5. The Balaban J connectivity index is 1.39. The molecule has 1 aliphatic heterocycles. The fraction of sp³-hybridized carbons (Fsp3) is 0.565. The lowest BCUT2D eigenvalue weighted by atomic mass is 9.79. The van der Waals surface area contributed by atoms with Gasteiger partial charge in [-0.05, 0) is 49.7 Å². The quantitative estimate of drug-likeness (QED) is 0.669. The summed E-state index contributed by atoms with van der Waals surface area (Å²) in [5.74, 6) is 1.30. The summed E-state index contributed by atoms with van der Waals surface area (Å²) in [6, 6.07) is 6.49. The van der Waals surface area contributed by atoms with E-state index in [0.29, 0.717) is 30.6 Å². The van der Waals surface area contributed by atoms with Crippen molar-refractivity contribution in [3.05, 3.63) is 45.5 Å². The molecule has 31 heavy (non-hydrogen) atoms. The van der Waals surface area contributed by atoms with Gasteiger partial charge in [0.25, 0.3) is 5.56 Å². The van der Waals surface area contributed by atoms with Gasteiger partial charge in [-0.25, -0.2) is 9.67 Å². The molecule has 0 aromatic carbocycles. The van der Waals surface area contributed by atoms with Crippen LogP contribution in [0.4, 0.5) is 5.69 Å². The van der Waals surface area contributed by atoms with Crippen LogP contribution in [0.5, 0.6) is 5.88 Å². The van der Waals surface area contributed by atoms with Crippen LogP contribution in [0, 0.1) is 17.2 Å². The summed E-state index contributed by atoms with van der Waals surface area (Å²) in [5, 5.41) is 13.6. The molecule has 2 aromatic rings. The van der Waals surface area contributed by atoms with Crippen molar-refractivity contribution in [3.63, 3.8) is 0 Å². The maximum Gasteiger partial charge on any atom is 0.287 e. The van der Waals surface area contributed by atoms with Crippen LogP contribution in [0.3, 0.4) is 0 Å². The van der Waals surface area contributed by atoms with E-state index in [1.165, 1.54) is 10.2 Å². The second kappa shape index (κ2) is 9.69. The van der Waals surface area contributed by atoms with Crippen molar-refractivity contribution in [1.29, 1.82) is 5.26 Å². The molecule has 7 nitrogen and oxygen atoms in total. The first-order valence-electron chi connectivity index (χ1n) is 11.1. The van der Waals surface area contributed by atoms with Gasteiger partial charge in [0, 0.05) is 37.7 Å². The predicted molar refractivity (Wildman–Crippen MR) is 120 cm³/mol. The van der Waals surface area contributed by atoms with Crippen LogP contribution in [-0.4, -0.2) is 34.0 Å². The molecule has 0 N–H and O–H groups in total. The molecule has 0 radical (unpaired) electrons. The number of nitrogens with zero attached hydrogens (tertiary/aromatic N) is 5. The number of halogens is 1. The van der Waals surface area contributed by atoms with Crippen molar-refractivity contribution in [1.82, 2.24) is 14.8 Å². The summed E-state index contributed by atoms with van der Waals surface area (Å²) < 4.78 is 7.59. The van der Waals surface area contributed by atoms with Gasteiger partial charge in [-0.1, -0.05) is 18.5 Å². The highest BCUT2D eigenvalue weighted by Gasteiger charge is 2.28. The van der Waals surface area contributed by atoms with Gasteiger partial charge in [0.15, 0.2) is 0 Å². The molecule has 0 bridgehead atoms. The van der Waals surface area contributed by atoms with E-state index in [0.717, 1.165) is 45.1 Å². The van der Waals surface area contributed by atoms with Crippen molar-refractivity contribution >= 4 is 17.3 Å². The van der Waals surface area contributed by atoms with E-state index < -0.39 is 0 Å². The first kappa shape index (κ1) is 21.6. The number of hydrogen-bond acceptors (Lipinski definition) is 6. The number of rotatable bonds is 6. The van der Waals surface area contributed by atoms with Gasteiger partial charge >= 0.3 is 0 Å². The molecule has 2 aliphatic rings. The van der Waals surface area contributed by atoms with E-state index in [4.69, 9.17) is 21.6 Å². The summed E-state index contributed by atoms with van der Waals surface area (Å²) in [5.41, 5.74) is 1.66. The van der Waals surface area contributed by atoms with E-state index in [1.807, 2.05) is 19.2 Å². The van der Waals surface area contributed by atoms with Crippen LogP contribution >= 0.6 is 11.6 Å². The monoisotopic (exact) mass is 441 g/mol. The summed E-state index contributed by atoms with van der Waals surface area (Å²) in [4.78, 5) is 18.9. The smallest absolute Gasteiger partial charge is 0.287 e. The SMILES string of the molecule is CCCn1ncc(N2CC[C@@H](Oc3cc(C4CCC(C#N)CC4)ccn3)C2)c(Cl)c1=O. The summed E-state index contributed by atoms with van der Waals surface area (Å²) in [6.45, 7) is 3.95. The number of aromatic nitrogens is 3. The van der Waals surface area contributed by atoms with Gasteiger partial charge in [-0.15, -0.1) is 0 Å². The minimum Gasteiger partial charge on any atom is -0.472 e. The molecular weight excluding hydrogens is 414 g/mol. The van der Waals surface area contributed by atoms with Crippen molar-refractivity contribution in [2.45, 2.75) is 64.0 Å². The first-order chi connectivity index (χ1) is 15.1. The third-order valence-corrected chi connectivity index (χ3v) is 6.67. The zero-order valence-corrected chi connectivity index (χ0v) is 18.6. The molecule has 1 saturated heterocycles. The Morgan fingerprint density at radius 3 is 2.84 bits per heavy atom. The Bertz CT molecular complexity index is 1010. The highest BCUT2D eigenvalue weighted by molar-refractivity contribution is 6.33. The second-order valence-electron chi connectivity index (χ2n) is 8.45. The molecule has 1 aliphatic carbocycles. The van der Waals surface area contributed by atoms with E-state index >= 15 is 0 Å². The minimum absolute atomic E-state index is 0.0220. The lowest BCUT2D eigenvalue weighted by molar-refractivity contribution is 0.215. The van der Waals surface area contributed by atoms with Crippen molar-refractivity contribution in [2.24, 2.45) is 5.92 Å². The van der Waals surface area contributed by atoms with Gasteiger partial charge in [0.05, 0.1) is 24.5 Å². The molecule has 0 unspecified atom stereocenters. The molecule has 8 heteroatoms. The summed E-state index contributed by atoms with van der Waals surface area (Å²) in [6.07, 6.45) is 9.11. The van der Waals surface area contributed by atoms with Crippen LogP contribution in [0.25, 0.3) is 0 Å². The van der Waals surface area contributed by atoms with Gasteiger partial charge in [-0.3, -0.25) is 4.79 Å². The predicted octanol–water partition coefficient (Wildman–Crippen LogP) is 4.16. The summed E-state index contributed by atoms with van der Waals surface area (Å²) >= 11 is 6.36. The first-order valence-corrected chi connectivity index (χ1v) is 11.5. The molecule has 1 atom stereocenters. The number of pyridine rings is 1.